The molecule has 0 saturated heterocycles. The predicted octanol–water partition coefficient (Wildman–Crippen LogP) is 7.57. The fourth-order valence-corrected chi connectivity index (χ4v) is 3.40. The molecule has 0 aliphatic carbocycles. The van der Waals surface area contributed by atoms with E-state index in [-0.39, 0.29) is 22.9 Å². The standard InChI is InChI=1S/C28H24ClF3N4O2/c1-18(35-22-7-3-2-4-8-22)21(16-33)17-38-27(37)20-13-11-19(12-14-20)25(15-26(34)28(30,31)32)36-24-10-6-5-9-23(24)29/h2-16,33-36H,17H2,1H3/b21-18+,25-15-,33-16?,34-26?. The Kier molecular flexibility index (Phi) is 9.45. The van der Waals surface area contributed by atoms with Gasteiger partial charge in [-0.1, -0.05) is 54.1 Å². The lowest BCUT2D eigenvalue weighted by atomic mass is 10.1. The molecule has 196 valence electrons. The summed E-state index contributed by atoms with van der Waals surface area (Å²) in [5, 5.41) is 21.3. The van der Waals surface area contributed by atoms with Gasteiger partial charge in [0.15, 0.2) is 0 Å². The summed E-state index contributed by atoms with van der Waals surface area (Å²) in [5.41, 5.74) is 1.13. The van der Waals surface area contributed by atoms with E-state index in [1.54, 1.807) is 31.2 Å². The van der Waals surface area contributed by atoms with Crippen LogP contribution < -0.4 is 10.6 Å². The largest absolute Gasteiger partial charge is 0.457 e. The minimum absolute atomic E-state index is 0.0306. The first-order valence-electron chi connectivity index (χ1n) is 11.3. The molecule has 0 aliphatic rings. The van der Waals surface area contributed by atoms with Crippen LogP contribution in [0.4, 0.5) is 24.5 Å². The molecule has 0 atom stereocenters. The molecule has 3 aromatic carbocycles. The van der Waals surface area contributed by atoms with Crippen LogP contribution in [0.5, 0.6) is 0 Å². The number of benzene rings is 3. The van der Waals surface area contributed by atoms with Crippen LogP contribution in [0.3, 0.4) is 0 Å². The average Bonchev–Trinajstić information content (AvgIpc) is 2.89. The van der Waals surface area contributed by atoms with Crippen molar-refractivity contribution in [1.29, 1.82) is 10.8 Å². The smallest absolute Gasteiger partial charge is 0.432 e. The van der Waals surface area contributed by atoms with E-state index in [1.165, 1.54) is 24.3 Å². The summed E-state index contributed by atoms with van der Waals surface area (Å²) in [5.74, 6) is -0.670. The third-order valence-electron chi connectivity index (χ3n) is 5.29. The van der Waals surface area contributed by atoms with E-state index in [2.05, 4.69) is 10.6 Å². The Morgan fingerprint density at radius 2 is 1.55 bits per heavy atom. The Balaban J connectivity index is 1.76. The number of esters is 1. The molecule has 6 nitrogen and oxygen atoms in total. The van der Waals surface area contributed by atoms with Crippen molar-refractivity contribution in [3.05, 3.63) is 112 Å². The van der Waals surface area contributed by atoms with E-state index >= 15 is 0 Å². The second-order valence-corrected chi connectivity index (χ2v) is 8.42. The van der Waals surface area contributed by atoms with Gasteiger partial charge in [-0.2, -0.15) is 13.2 Å². The van der Waals surface area contributed by atoms with Gasteiger partial charge in [-0.15, -0.1) is 0 Å². The Bertz CT molecular complexity index is 1370. The van der Waals surface area contributed by atoms with Crippen molar-refractivity contribution in [2.24, 2.45) is 0 Å². The average molecular weight is 541 g/mol. The molecule has 0 heterocycles. The van der Waals surface area contributed by atoms with Gasteiger partial charge < -0.3 is 20.8 Å². The highest BCUT2D eigenvalue weighted by atomic mass is 35.5. The number of halogens is 4. The third kappa shape index (κ3) is 7.81. The van der Waals surface area contributed by atoms with Crippen molar-refractivity contribution in [2.75, 3.05) is 17.2 Å². The highest BCUT2D eigenvalue weighted by molar-refractivity contribution is 6.33. The summed E-state index contributed by atoms with van der Waals surface area (Å²) in [6, 6.07) is 21.5. The molecule has 0 aromatic heterocycles. The Hall–Kier alpha value is -4.37. The first-order chi connectivity index (χ1) is 18.1. The van der Waals surface area contributed by atoms with Crippen molar-refractivity contribution in [2.45, 2.75) is 13.1 Å². The zero-order valence-corrected chi connectivity index (χ0v) is 21.0. The van der Waals surface area contributed by atoms with Crippen molar-refractivity contribution >= 4 is 46.6 Å². The summed E-state index contributed by atoms with van der Waals surface area (Å²) in [6.45, 7) is 1.60. The quantitative estimate of drug-likeness (QED) is 0.157. The van der Waals surface area contributed by atoms with Gasteiger partial charge in [-0.25, -0.2) is 4.79 Å². The molecule has 38 heavy (non-hydrogen) atoms. The maximum absolute atomic E-state index is 13.1. The SMILES string of the molecule is C/C(Nc1ccccc1)=C(/C=N)COC(=O)c1ccc(/C(=C/C(=N)C(F)(F)F)Nc2ccccc2Cl)cc1. The number of allylic oxidation sites excluding steroid dienone is 2. The molecule has 0 spiro atoms. The molecule has 0 bridgehead atoms. The van der Waals surface area contributed by atoms with Crippen LogP contribution in [0.25, 0.3) is 5.70 Å². The lowest BCUT2D eigenvalue weighted by Gasteiger charge is -2.15. The second-order valence-electron chi connectivity index (χ2n) is 8.01. The minimum atomic E-state index is -4.84. The Labute approximate surface area is 222 Å². The molecule has 3 aromatic rings. The van der Waals surface area contributed by atoms with E-state index in [4.69, 9.17) is 27.2 Å². The number of carbonyl (C=O) groups is 1. The van der Waals surface area contributed by atoms with Gasteiger partial charge in [0.1, 0.15) is 12.3 Å². The molecule has 0 radical (unpaired) electrons. The van der Waals surface area contributed by atoms with E-state index in [0.29, 0.717) is 28.6 Å². The van der Waals surface area contributed by atoms with Gasteiger partial charge in [0.25, 0.3) is 0 Å². The highest BCUT2D eigenvalue weighted by Gasteiger charge is 2.33. The fourth-order valence-electron chi connectivity index (χ4n) is 3.21. The Morgan fingerprint density at radius 3 is 2.16 bits per heavy atom. The zero-order valence-electron chi connectivity index (χ0n) is 20.2. The number of rotatable bonds is 10. The second kappa shape index (κ2) is 12.7. The van der Waals surface area contributed by atoms with Crippen LogP contribution in [0.1, 0.15) is 22.8 Å². The van der Waals surface area contributed by atoms with Crippen molar-refractivity contribution in [3.8, 4) is 0 Å². The first kappa shape index (κ1) is 28.2. The van der Waals surface area contributed by atoms with Gasteiger partial charge >= 0.3 is 12.1 Å². The van der Waals surface area contributed by atoms with Crippen molar-refractivity contribution in [3.63, 3.8) is 0 Å². The van der Waals surface area contributed by atoms with E-state index in [0.717, 1.165) is 11.9 Å². The van der Waals surface area contributed by atoms with Crippen molar-refractivity contribution in [1.82, 2.24) is 0 Å². The van der Waals surface area contributed by atoms with Crippen LogP contribution in [0, 0.1) is 10.8 Å². The molecular weight excluding hydrogens is 517 g/mol. The van der Waals surface area contributed by atoms with Crippen LogP contribution in [-0.4, -0.2) is 30.7 Å². The maximum Gasteiger partial charge on any atom is 0.432 e. The summed E-state index contributed by atoms with van der Waals surface area (Å²) in [4.78, 5) is 12.6. The summed E-state index contributed by atoms with van der Waals surface area (Å²) < 4.78 is 44.5. The van der Waals surface area contributed by atoms with Crippen LogP contribution >= 0.6 is 11.6 Å². The van der Waals surface area contributed by atoms with Crippen LogP contribution in [-0.2, 0) is 4.74 Å². The first-order valence-corrected chi connectivity index (χ1v) is 11.6. The summed E-state index contributed by atoms with van der Waals surface area (Å²) in [6.07, 6.45) is -3.10. The molecule has 0 aliphatic heterocycles. The number of carbonyl (C=O) groups excluding carboxylic acids is 1. The number of alkyl halides is 3. The molecule has 0 amide bonds. The Morgan fingerprint density at radius 1 is 0.947 bits per heavy atom. The van der Waals surface area contributed by atoms with Gasteiger partial charge in [0.05, 0.1) is 16.3 Å². The lowest BCUT2D eigenvalue weighted by Crippen LogP contribution is -2.20. The normalized spacial score (nSPS) is 12.3. The molecule has 0 fully saturated rings. The molecule has 0 saturated carbocycles. The zero-order chi connectivity index (χ0) is 27.7. The number of hydrogen-bond acceptors (Lipinski definition) is 6. The van der Waals surface area contributed by atoms with Crippen molar-refractivity contribution < 1.29 is 22.7 Å². The fraction of sp³-hybridized carbons (Fsp3) is 0.107. The molecule has 4 N–H and O–H groups in total. The summed E-state index contributed by atoms with van der Waals surface area (Å²) in [7, 11) is 0. The molecule has 0 unspecified atom stereocenters. The highest BCUT2D eigenvalue weighted by Crippen LogP contribution is 2.27. The third-order valence-corrected chi connectivity index (χ3v) is 5.62. The lowest BCUT2D eigenvalue weighted by molar-refractivity contribution is -0.0583. The predicted molar refractivity (Wildman–Crippen MR) is 145 cm³/mol. The van der Waals surface area contributed by atoms with Crippen LogP contribution in [0.2, 0.25) is 5.02 Å². The molecular formula is C28H24ClF3N4O2. The monoisotopic (exact) mass is 540 g/mol. The van der Waals surface area contributed by atoms with Gasteiger partial charge in [0, 0.05) is 28.9 Å². The number of anilines is 2. The van der Waals surface area contributed by atoms with E-state index < -0.39 is 17.9 Å². The number of nitrogens with one attached hydrogen (secondary N) is 4. The topological polar surface area (TPSA) is 98.1 Å². The van der Waals surface area contributed by atoms with Gasteiger partial charge in [-0.3, -0.25) is 5.41 Å². The number of ether oxygens (including phenoxy) is 1. The maximum atomic E-state index is 13.1. The summed E-state index contributed by atoms with van der Waals surface area (Å²) >= 11 is 6.14. The minimum Gasteiger partial charge on any atom is -0.457 e. The van der Waals surface area contributed by atoms with Gasteiger partial charge in [-0.05, 0) is 55.0 Å². The van der Waals surface area contributed by atoms with E-state index in [9.17, 15) is 18.0 Å². The van der Waals surface area contributed by atoms with Gasteiger partial charge in [0.2, 0.25) is 0 Å². The molecule has 10 heteroatoms. The number of para-hydroxylation sites is 2. The molecule has 3 rings (SSSR count). The number of hydrogen-bond donors (Lipinski definition) is 4. The van der Waals surface area contributed by atoms with E-state index in [1.807, 2.05) is 30.3 Å². The van der Waals surface area contributed by atoms with Crippen LogP contribution in [0.15, 0.2) is 96.2 Å².